The Morgan fingerprint density at radius 3 is 2.71 bits per heavy atom. The molecule has 1 aromatic rings. The maximum atomic E-state index is 12.0. The van der Waals surface area contributed by atoms with Crippen LogP contribution in [-0.2, 0) is 14.8 Å². The molecule has 8 heteroatoms. The largest absolute Gasteiger partial charge is 0.383 e. The fourth-order valence-corrected chi connectivity index (χ4v) is 5.06. The highest BCUT2D eigenvalue weighted by molar-refractivity contribution is 9.11. The molecule has 1 unspecified atom stereocenters. The zero-order valence-corrected chi connectivity index (χ0v) is 14.0. The molecule has 0 radical (unpaired) electrons. The van der Waals surface area contributed by atoms with Crippen molar-refractivity contribution in [2.45, 2.75) is 16.7 Å². The predicted octanol–water partition coefficient (Wildman–Crippen LogP) is 2.59. The van der Waals surface area contributed by atoms with Gasteiger partial charge in [0.25, 0.3) is 0 Å². The number of alkyl halides is 1. The summed E-state index contributed by atoms with van der Waals surface area (Å²) in [6, 6.07) is 3.08. The van der Waals surface area contributed by atoms with Crippen molar-refractivity contribution >= 4 is 53.2 Å². The highest BCUT2D eigenvalue weighted by atomic mass is 79.9. The van der Waals surface area contributed by atoms with Crippen molar-refractivity contribution in [3.63, 3.8) is 0 Å². The van der Waals surface area contributed by atoms with Gasteiger partial charge in [0, 0.05) is 18.5 Å². The SMILES string of the molecule is COCC(CCBr)NS(=O)(=O)c1ccc(Br)s1. The van der Waals surface area contributed by atoms with Crippen LogP contribution in [-0.4, -0.2) is 33.5 Å². The molecule has 0 spiro atoms. The Morgan fingerprint density at radius 2 is 2.24 bits per heavy atom. The Hall–Kier alpha value is 0.530. The molecule has 1 rings (SSSR count). The summed E-state index contributed by atoms with van der Waals surface area (Å²) < 4.78 is 32.7. The van der Waals surface area contributed by atoms with Crippen LogP contribution >= 0.6 is 43.2 Å². The molecular weight excluding hydrogens is 394 g/mol. The maximum absolute atomic E-state index is 12.0. The summed E-state index contributed by atoms with van der Waals surface area (Å²) in [4.78, 5) is 0. The molecule has 0 saturated heterocycles. The topological polar surface area (TPSA) is 55.4 Å². The minimum Gasteiger partial charge on any atom is -0.383 e. The fourth-order valence-electron chi connectivity index (χ4n) is 1.23. The molecule has 1 N–H and O–H groups in total. The molecule has 0 aliphatic carbocycles. The van der Waals surface area contributed by atoms with Gasteiger partial charge in [0.1, 0.15) is 4.21 Å². The van der Waals surface area contributed by atoms with Crippen molar-refractivity contribution < 1.29 is 13.2 Å². The summed E-state index contributed by atoms with van der Waals surface area (Å²) in [5.41, 5.74) is 0. The third kappa shape index (κ3) is 4.96. The number of rotatable bonds is 7. The van der Waals surface area contributed by atoms with Crippen LogP contribution in [0.3, 0.4) is 0 Å². The molecule has 17 heavy (non-hydrogen) atoms. The highest BCUT2D eigenvalue weighted by Gasteiger charge is 2.21. The van der Waals surface area contributed by atoms with Crippen LogP contribution in [0, 0.1) is 0 Å². The lowest BCUT2D eigenvalue weighted by molar-refractivity contribution is 0.173. The molecule has 0 bridgehead atoms. The predicted molar refractivity (Wildman–Crippen MR) is 76.4 cm³/mol. The first-order valence-electron chi connectivity index (χ1n) is 4.82. The first-order chi connectivity index (χ1) is 7.99. The van der Waals surface area contributed by atoms with Crippen LogP contribution < -0.4 is 4.72 Å². The van der Waals surface area contributed by atoms with Gasteiger partial charge < -0.3 is 4.74 Å². The number of hydrogen-bond acceptors (Lipinski definition) is 4. The molecule has 1 aromatic heterocycles. The molecular formula is C9H13Br2NO3S2. The number of nitrogens with one attached hydrogen (secondary N) is 1. The summed E-state index contributed by atoms with van der Waals surface area (Å²) >= 11 is 7.73. The van der Waals surface area contributed by atoms with E-state index in [-0.39, 0.29) is 6.04 Å². The van der Waals surface area contributed by atoms with Gasteiger partial charge >= 0.3 is 0 Å². The standard InChI is InChI=1S/C9H13Br2NO3S2/c1-15-6-7(4-5-10)12-17(13,14)9-3-2-8(11)16-9/h2-3,7,12H,4-6H2,1H3. The number of sulfonamides is 1. The normalized spacial score (nSPS) is 13.8. The van der Waals surface area contributed by atoms with Gasteiger partial charge in [-0.05, 0) is 34.5 Å². The van der Waals surface area contributed by atoms with Gasteiger partial charge in [0.2, 0.25) is 10.0 Å². The third-order valence-electron chi connectivity index (χ3n) is 1.96. The molecule has 0 aliphatic heterocycles. The van der Waals surface area contributed by atoms with E-state index in [2.05, 4.69) is 36.6 Å². The van der Waals surface area contributed by atoms with E-state index < -0.39 is 10.0 Å². The van der Waals surface area contributed by atoms with E-state index >= 15 is 0 Å². The van der Waals surface area contributed by atoms with E-state index in [9.17, 15) is 8.42 Å². The molecule has 0 fully saturated rings. The number of methoxy groups -OCH3 is 1. The Balaban J connectivity index is 2.77. The second kappa shape index (κ2) is 7.20. The summed E-state index contributed by atoms with van der Waals surface area (Å²) in [5.74, 6) is 0. The lowest BCUT2D eigenvalue weighted by Gasteiger charge is -2.16. The third-order valence-corrected chi connectivity index (χ3v) is 6.05. The molecule has 0 saturated carbocycles. The minimum absolute atomic E-state index is 0.217. The van der Waals surface area contributed by atoms with E-state index in [1.807, 2.05) is 0 Å². The Morgan fingerprint density at radius 1 is 1.53 bits per heavy atom. The van der Waals surface area contributed by atoms with Gasteiger partial charge in [0.05, 0.1) is 10.4 Å². The van der Waals surface area contributed by atoms with Gasteiger partial charge in [-0.15, -0.1) is 11.3 Å². The van der Waals surface area contributed by atoms with Crippen LogP contribution in [0.1, 0.15) is 6.42 Å². The minimum atomic E-state index is -3.45. The van der Waals surface area contributed by atoms with Gasteiger partial charge in [-0.3, -0.25) is 0 Å². The zero-order valence-electron chi connectivity index (χ0n) is 9.15. The number of halogens is 2. The number of thiophene rings is 1. The lowest BCUT2D eigenvalue weighted by Crippen LogP contribution is -2.37. The van der Waals surface area contributed by atoms with Crippen molar-refractivity contribution in [2.75, 3.05) is 19.0 Å². The molecule has 0 aliphatic rings. The van der Waals surface area contributed by atoms with Crippen molar-refractivity contribution in [1.82, 2.24) is 4.72 Å². The second-order valence-corrected chi connectivity index (χ2v) is 8.51. The Bertz CT molecular complexity index is 441. The quantitative estimate of drug-likeness (QED) is 0.708. The van der Waals surface area contributed by atoms with Crippen LogP contribution in [0.15, 0.2) is 20.1 Å². The van der Waals surface area contributed by atoms with Crippen molar-refractivity contribution in [2.24, 2.45) is 0 Å². The Labute approximate surface area is 122 Å². The summed E-state index contributed by atoms with van der Waals surface area (Å²) in [6.07, 6.45) is 0.680. The molecule has 1 heterocycles. The van der Waals surface area contributed by atoms with Crippen LogP contribution in [0.5, 0.6) is 0 Å². The van der Waals surface area contributed by atoms with Crippen LogP contribution in [0.4, 0.5) is 0 Å². The van der Waals surface area contributed by atoms with E-state index in [1.54, 1.807) is 19.2 Å². The van der Waals surface area contributed by atoms with Crippen LogP contribution in [0.25, 0.3) is 0 Å². The molecule has 1 atom stereocenters. The average Bonchev–Trinajstić information content (AvgIpc) is 2.66. The van der Waals surface area contributed by atoms with Crippen molar-refractivity contribution in [1.29, 1.82) is 0 Å². The zero-order chi connectivity index (χ0) is 12.9. The maximum Gasteiger partial charge on any atom is 0.250 e. The van der Waals surface area contributed by atoms with Gasteiger partial charge in [0.15, 0.2) is 0 Å². The summed E-state index contributed by atoms with van der Waals surface area (Å²) in [5, 5.41) is 0.720. The fraction of sp³-hybridized carbons (Fsp3) is 0.556. The highest BCUT2D eigenvalue weighted by Crippen LogP contribution is 2.26. The number of ether oxygens (including phenoxy) is 1. The summed E-state index contributed by atoms with van der Waals surface area (Å²) in [6.45, 7) is 0.359. The van der Waals surface area contributed by atoms with Crippen molar-refractivity contribution in [3.8, 4) is 0 Å². The van der Waals surface area contributed by atoms with Crippen molar-refractivity contribution in [3.05, 3.63) is 15.9 Å². The van der Waals surface area contributed by atoms with E-state index in [1.165, 1.54) is 11.3 Å². The molecule has 4 nitrogen and oxygen atoms in total. The first-order valence-corrected chi connectivity index (χ1v) is 9.03. The van der Waals surface area contributed by atoms with Crippen LogP contribution in [0.2, 0.25) is 0 Å². The van der Waals surface area contributed by atoms with E-state index in [0.717, 1.165) is 9.12 Å². The first kappa shape index (κ1) is 15.6. The monoisotopic (exact) mass is 405 g/mol. The lowest BCUT2D eigenvalue weighted by atomic mass is 10.3. The Kier molecular flexibility index (Phi) is 6.60. The molecule has 0 aromatic carbocycles. The van der Waals surface area contributed by atoms with Gasteiger partial charge in [-0.25, -0.2) is 13.1 Å². The smallest absolute Gasteiger partial charge is 0.250 e. The van der Waals surface area contributed by atoms with E-state index in [4.69, 9.17) is 4.74 Å². The number of hydrogen-bond donors (Lipinski definition) is 1. The average molecular weight is 407 g/mol. The molecule has 98 valence electrons. The molecule has 0 amide bonds. The van der Waals surface area contributed by atoms with Gasteiger partial charge in [-0.1, -0.05) is 15.9 Å². The second-order valence-electron chi connectivity index (χ2n) is 3.31. The van der Waals surface area contributed by atoms with E-state index in [0.29, 0.717) is 17.2 Å². The summed E-state index contributed by atoms with van der Waals surface area (Å²) in [7, 11) is -1.89. The van der Waals surface area contributed by atoms with Gasteiger partial charge in [-0.2, -0.15) is 0 Å².